The molecule has 0 saturated heterocycles. The monoisotopic (exact) mass is 247 g/mol. The summed E-state index contributed by atoms with van der Waals surface area (Å²) in [7, 11) is 3.85. The average molecular weight is 247 g/mol. The summed E-state index contributed by atoms with van der Waals surface area (Å²) in [6, 6.07) is 8.94. The Hall–Kier alpha value is -1.68. The number of nitrogens with one attached hydrogen (secondary N) is 1. The second-order valence-corrected chi connectivity index (χ2v) is 4.55. The first kappa shape index (κ1) is 12.8. The van der Waals surface area contributed by atoms with Crippen molar-refractivity contribution in [1.29, 1.82) is 0 Å². The number of likely N-dealkylation sites (N-methyl/N-ethyl adjacent to an activating group) is 1. The standard InChI is InChI=1S/C14H18FN3/c1-10(16-2)8-13-9-14(18(3)17-13)11-4-6-12(15)7-5-11/h4-7,9-10,16H,8H2,1-3H3. The molecule has 1 aromatic heterocycles. The smallest absolute Gasteiger partial charge is 0.123 e. The fourth-order valence-corrected chi connectivity index (χ4v) is 1.93. The van der Waals surface area contributed by atoms with Crippen LogP contribution in [-0.2, 0) is 13.5 Å². The fourth-order valence-electron chi connectivity index (χ4n) is 1.93. The third kappa shape index (κ3) is 2.76. The molecule has 4 heteroatoms. The normalized spacial score (nSPS) is 12.7. The maximum absolute atomic E-state index is 12.9. The van der Waals surface area contributed by atoms with Crippen LogP contribution in [0.15, 0.2) is 30.3 Å². The molecule has 1 N–H and O–H groups in total. The van der Waals surface area contributed by atoms with Gasteiger partial charge in [0.15, 0.2) is 0 Å². The topological polar surface area (TPSA) is 29.9 Å². The van der Waals surface area contributed by atoms with E-state index >= 15 is 0 Å². The van der Waals surface area contributed by atoms with E-state index in [-0.39, 0.29) is 5.82 Å². The predicted octanol–water partition coefficient (Wildman–Crippen LogP) is 2.38. The largest absolute Gasteiger partial charge is 0.317 e. The Kier molecular flexibility index (Phi) is 3.77. The van der Waals surface area contributed by atoms with Gasteiger partial charge in [-0.25, -0.2) is 4.39 Å². The summed E-state index contributed by atoms with van der Waals surface area (Å²) in [5.74, 6) is -0.218. The van der Waals surface area contributed by atoms with E-state index in [1.807, 2.05) is 18.8 Å². The molecule has 96 valence electrons. The minimum Gasteiger partial charge on any atom is -0.317 e. The number of aromatic nitrogens is 2. The number of hydrogen-bond donors (Lipinski definition) is 1. The summed E-state index contributed by atoms with van der Waals surface area (Å²) in [6.07, 6.45) is 0.880. The van der Waals surface area contributed by atoms with Crippen LogP contribution in [0.5, 0.6) is 0 Å². The number of halogens is 1. The maximum Gasteiger partial charge on any atom is 0.123 e. The van der Waals surface area contributed by atoms with Crippen molar-refractivity contribution in [1.82, 2.24) is 15.1 Å². The molecule has 3 nitrogen and oxygen atoms in total. The Labute approximate surface area is 107 Å². The van der Waals surface area contributed by atoms with Crippen LogP contribution < -0.4 is 5.32 Å². The van der Waals surface area contributed by atoms with Crippen LogP contribution in [0.3, 0.4) is 0 Å². The van der Waals surface area contributed by atoms with Crippen molar-refractivity contribution in [3.8, 4) is 11.3 Å². The second-order valence-electron chi connectivity index (χ2n) is 4.55. The first-order valence-electron chi connectivity index (χ1n) is 6.06. The predicted molar refractivity (Wildman–Crippen MR) is 70.8 cm³/mol. The molecule has 0 bridgehead atoms. The minimum absolute atomic E-state index is 0.218. The van der Waals surface area contributed by atoms with Crippen molar-refractivity contribution >= 4 is 0 Å². The van der Waals surface area contributed by atoms with E-state index in [9.17, 15) is 4.39 Å². The summed E-state index contributed by atoms with van der Waals surface area (Å²) in [4.78, 5) is 0. The van der Waals surface area contributed by atoms with Gasteiger partial charge in [0, 0.05) is 19.5 Å². The molecule has 1 unspecified atom stereocenters. The van der Waals surface area contributed by atoms with Crippen molar-refractivity contribution in [3.05, 3.63) is 41.8 Å². The second kappa shape index (κ2) is 5.31. The van der Waals surface area contributed by atoms with E-state index in [2.05, 4.69) is 23.4 Å². The maximum atomic E-state index is 12.9. The number of rotatable bonds is 4. The lowest BCUT2D eigenvalue weighted by molar-refractivity contribution is 0.593. The SMILES string of the molecule is CNC(C)Cc1cc(-c2ccc(F)cc2)n(C)n1. The molecule has 18 heavy (non-hydrogen) atoms. The van der Waals surface area contributed by atoms with Gasteiger partial charge in [0.2, 0.25) is 0 Å². The quantitative estimate of drug-likeness (QED) is 0.899. The number of hydrogen-bond acceptors (Lipinski definition) is 2. The van der Waals surface area contributed by atoms with Gasteiger partial charge in [0.05, 0.1) is 11.4 Å². The van der Waals surface area contributed by atoms with E-state index in [0.29, 0.717) is 6.04 Å². The zero-order valence-electron chi connectivity index (χ0n) is 10.9. The zero-order valence-corrected chi connectivity index (χ0v) is 10.9. The van der Waals surface area contributed by atoms with Gasteiger partial charge in [0.25, 0.3) is 0 Å². The molecule has 0 radical (unpaired) electrons. The summed E-state index contributed by atoms with van der Waals surface area (Å²) < 4.78 is 14.7. The van der Waals surface area contributed by atoms with Gasteiger partial charge in [-0.2, -0.15) is 5.10 Å². The molecule has 0 aliphatic heterocycles. The van der Waals surface area contributed by atoms with E-state index in [0.717, 1.165) is 23.4 Å². The number of aryl methyl sites for hydroxylation is 1. The first-order chi connectivity index (χ1) is 8.60. The molecule has 0 aliphatic rings. The van der Waals surface area contributed by atoms with Gasteiger partial charge in [-0.1, -0.05) is 0 Å². The number of benzene rings is 1. The van der Waals surface area contributed by atoms with Crippen LogP contribution in [-0.4, -0.2) is 22.9 Å². The third-order valence-corrected chi connectivity index (χ3v) is 3.08. The van der Waals surface area contributed by atoms with Crippen LogP contribution >= 0.6 is 0 Å². The number of nitrogens with zero attached hydrogens (tertiary/aromatic N) is 2. The summed E-state index contributed by atoms with van der Waals surface area (Å²) in [5, 5.41) is 7.67. The van der Waals surface area contributed by atoms with Crippen molar-refractivity contribution in [2.45, 2.75) is 19.4 Å². The lowest BCUT2D eigenvalue weighted by Gasteiger charge is -2.06. The third-order valence-electron chi connectivity index (χ3n) is 3.08. The van der Waals surface area contributed by atoms with Crippen molar-refractivity contribution < 1.29 is 4.39 Å². The van der Waals surface area contributed by atoms with Crippen LogP contribution in [0.1, 0.15) is 12.6 Å². The Morgan fingerprint density at radius 3 is 2.61 bits per heavy atom. The van der Waals surface area contributed by atoms with Crippen molar-refractivity contribution in [3.63, 3.8) is 0 Å². The highest BCUT2D eigenvalue weighted by Gasteiger charge is 2.09. The summed E-state index contributed by atoms with van der Waals surface area (Å²) in [6.45, 7) is 2.12. The molecule has 2 aromatic rings. The molecule has 0 amide bonds. The Morgan fingerprint density at radius 1 is 1.33 bits per heavy atom. The highest BCUT2D eigenvalue weighted by molar-refractivity contribution is 5.59. The molecular formula is C14H18FN3. The van der Waals surface area contributed by atoms with Gasteiger partial charge in [-0.3, -0.25) is 4.68 Å². The molecule has 0 spiro atoms. The van der Waals surface area contributed by atoms with Crippen LogP contribution in [0.25, 0.3) is 11.3 Å². The Balaban J connectivity index is 2.26. The van der Waals surface area contributed by atoms with Crippen LogP contribution in [0, 0.1) is 5.82 Å². The Morgan fingerprint density at radius 2 is 2.00 bits per heavy atom. The molecule has 1 atom stereocenters. The minimum atomic E-state index is -0.218. The highest BCUT2D eigenvalue weighted by Crippen LogP contribution is 2.20. The molecule has 0 fully saturated rings. The van der Waals surface area contributed by atoms with Crippen LogP contribution in [0.4, 0.5) is 4.39 Å². The van der Waals surface area contributed by atoms with Gasteiger partial charge in [-0.15, -0.1) is 0 Å². The molecule has 0 aliphatic carbocycles. The molecule has 0 saturated carbocycles. The van der Waals surface area contributed by atoms with Crippen LogP contribution in [0.2, 0.25) is 0 Å². The first-order valence-corrected chi connectivity index (χ1v) is 6.06. The summed E-state index contributed by atoms with van der Waals surface area (Å²) in [5.41, 5.74) is 3.03. The van der Waals surface area contributed by atoms with E-state index < -0.39 is 0 Å². The van der Waals surface area contributed by atoms with E-state index in [4.69, 9.17) is 0 Å². The molecule has 1 heterocycles. The lowest BCUT2D eigenvalue weighted by atomic mass is 10.1. The zero-order chi connectivity index (χ0) is 13.1. The fraction of sp³-hybridized carbons (Fsp3) is 0.357. The van der Waals surface area contributed by atoms with E-state index in [1.54, 1.807) is 12.1 Å². The molecule has 1 aromatic carbocycles. The van der Waals surface area contributed by atoms with Gasteiger partial charge >= 0.3 is 0 Å². The summed E-state index contributed by atoms with van der Waals surface area (Å²) >= 11 is 0. The van der Waals surface area contributed by atoms with Crippen molar-refractivity contribution in [2.24, 2.45) is 7.05 Å². The Bertz CT molecular complexity index is 516. The van der Waals surface area contributed by atoms with Crippen molar-refractivity contribution in [2.75, 3.05) is 7.05 Å². The highest BCUT2D eigenvalue weighted by atomic mass is 19.1. The average Bonchev–Trinajstić information content (AvgIpc) is 2.71. The molecule has 2 rings (SSSR count). The lowest BCUT2D eigenvalue weighted by Crippen LogP contribution is -2.23. The van der Waals surface area contributed by atoms with E-state index in [1.165, 1.54) is 12.1 Å². The van der Waals surface area contributed by atoms with Gasteiger partial charge < -0.3 is 5.32 Å². The van der Waals surface area contributed by atoms with Gasteiger partial charge in [0.1, 0.15) is 5.82 Å². The van der Waals surface area contributed by atoms with Gasteiger partial charge in [-0.05, 0) is 49.9 Å². The molecular weight excluding hydrogens is 229 g/mol.